The van der Waals surface area contributed by atoms with Crippen molar-refractivity contribution in [3.05, 3.63) is 99.0 Å². The van der Waals surface area contributed by atoms with Gasteiger partial charge >= 0.3 is 0 Å². The van der Waals surface area contributed by atoms with Gasteiger partial charge in [-0.05, 0) is 60.5 Å². The van der Waals surface area contributed by atoms with Crippen LogP contribution in [0.2, 0.25) is 5.02 Å². The summed E-state index contributed by atoms with van der Waals surface area (Å²) in [6.07, 6.45) is 0. The molecule has 0 spiro atoms. The Hall–Kier alpha value is -2.61. The Bertz CT molecular complexity index is 1150. The summed E-state index contributed by atoms with van der Waals surface area (Å²) < 4.78 is 1.02. The van der Waals surface area contributed by atoms with E-state index < -0.39 is 0 Å². The van der Waals surface area contributed by atoms with E-state index in [4.69, 9.17) is 11.6 Å². The summed E-state index contributed by atoms with van der Waals surface area (Å²) in [6, 6.07) is 22.0. The molecule has 5 nitrogen and oxygen atoms in total. The van der Waals surface area contributed by atoms with Gasteiger partial charge in [-0.1, -0.05) is 57.9 Å². The summed E-state index contributed by atoms with van der Waals surface area (Å²) in [6.45, 7) is 1.80. The molecular weight excluding hydrogens is 510 g/mol. The fourth-order valence-electron chi connectivity index (χ4n) is 2.79. The van der Waals surface area contributed by atoms with Gasteiger partial charge in [0.25, 0.3) is 5.91 Å². The number of rotatable bonds is 8. The van der Waals surface area contributed by atoms with Crippen LogP contribution in [-0.2, 0) is 10.5 Å². The number of hydrogen-bond donors (Lipinski definition) is 2. The first-order chi connectivity index (χ1) is 15.4. The minimum absolute atomic E-state index is 0.172. The van der Waals surface area contributed by atoms with Crippen molar-refractivity contribution >= 4 is 62.5 Å². The van der Waals surface area contributed by atoms with Crippen molar-refractivity contribution in [2.45, 2.75) is 12.7 Å². The summed E-state index contributed by atoms with van der Waals surface area (Å²) in [5.41, 5.74) is 6.25. The molecule has 3 aromatic carbocycles. The number of nitrogens with zero attached hydrogens (tertiary/aromatic N) is 1. The molecule has 0 aliphatic carbocycles. The van der Waals surface area contributed by atoms with Crippen LogP contribution in [0.15, 0.2) is 82.4 Å². The maximum atomic E-state index is 12.4. The van der Waals surface area contributed by atoms with Gasteiger partial charge in [0, 0.05) is 26.5 Å². The van der Waals surface area contributed by atoms with Gasteiger partial charge in [-0.15, -0.1) is 11.8 Å². The number of carbonyl (C=O) groups excluding carboxylic acids is 2. The van der Waals surface area contributed by atoms with Crippen LogP contribution in [0.25, 0.3) is 0 Å². The number of anilines is 1. The minimum Gasteiger partial charge on any atom is -0.322 e. The largest absolute Gasteiger partial charge is 0.322 e. The number of benzene rings is 3. The van der Waals surface area contributed by atoms with Crippen LogP contribution in [0.1, 0.15) is 28.4 Å². The summed E-state index contributed by atoms with van der Waals surface area (Å²) in [4.78, 5) is 24.5. The Kier molecular flexibility index (Phi) is 8.90. The zero-order chi connectivity index (χ0) is 22.9. The average Bonchev–Trinajstić information content (AvgIpc) is 2.77. The zero-order valence-electron chi connectivity index (χ0n) is 17.3. The summed E-state index contributed by atoms with van der Waals surface area (Å²) in [7, 11) is 0. The van der Waals surface area contributed by atoms with Crippen molar-refractivity contribution < 1.29 is 9.59 Å². The lowest BCUT2D eigenvalue weighted by molar-refractivity contribution is -0.118. The molecule has 0 aliphatic heterocycles. The molecule has 0 fully saturated rings. The SMILES string of the molecule is C/C(=N/NC(=O)CSCc1cccc(Br)c1)c1cccc(NC(=O)c2cccc(Cl)c2)c1. The third-order valence-electron chi connectivity index (χ3n) is 4.36. The fourth-order valence-corrected chi connectivity index (χ4v) is 4.19. The van der Waals surface area contributed by atoms with Crippen molar-refractivity contribution in [1.29, 1.82) is 0 Å². The van der Waals surface area contributed by atoms with Crippen molar-refractivity contribution in [3.8, 4) is 0 Å². The van der Waals surface area contributed by atoms with Gasteiger partial charge in [0.1, 0.15) is 0 Å². The highest BCUT2D eigenvalue weighted by Gasteiger charge is 2.08. The Labute approximate surface area is 204 Å². The Morgan fingerprint density at radius 3 is 2.53 bits per heavy atom. The van der Waals surface area contributed by atoms with Gasteiger partial charge in [-0.3, -0.25) is 9.59 Å². The van der Waals surface area contributed by atoms with E-state index in [1.165, 1.54) is 11.8 Å². The van der Waals surface area contributed by atoms with Gasteiger partial charge in [-0.2, -0.15) is 5.10 Å². The number of amides is 2. The van der Waals surface area contributed by atoms with Crippen LogP contribution in [0.3, 0.4) is 0 Å². The standard InChI is InChI=1S/C24H21BrClN3O2S/c1-16(28-29-23(30)15-32-14-17-5-2-8-20(25)11-17)18-6-4-10-22(13-18)27-24(31)19-7-3-9-21(26)12-19/h2-13H,14-15H2,1H3,(H,27,31)(H,29,30)/b28-16-. The first kappa shape index (κ1) is 24.0. The molecule has 2 amide bonds. The molecule has 0 aliphatic rings. The molecule has 0 saturated heterocycles. The number of hydrazone groups is 1. The monoisotopic (exact) mass is 529 g/mol. The van der Waals surface area contributed by atoms with Gasteiger partial charge in [0.15, 0.2) is 0 Å². The second-order valence-corrected chi connectivity index (χ2v) is 9.24. The lowest BCUT2D eigenvalue weighted by Gasteiger charge is -2.08. The van der Waals surface area contributed by atoms with Crippen LogP contribution in [-0.4, -0.2) is 23.3 Å². The van der Waals surface area contributed by atoms with E-state index >= 15 is 0 Å². The third-order valence-corrected chi connectivity index (χ3v) is 6.10. The lowest BCUT2D eigenvalue weighted by Crippen LogP contribution is -2.21. The molecule has 3 rings (SSSR count). The van der Waals surface area contributed by atoms with Crippen molar-refractivity contribution in [1.82, 2.24) is 5.43 Å². The number of carbonyl (C=O) groups is 2. The van der Waals surface area contributed by atoms with Crippen LogP contribution in [0, 0.1) is 0 Å². The average molecular weight is 531 g/mol. The normalized spacial score (nSPS) is 11.2. The quantitative estimate of drug-likeness (QED) is 0.272. The molecule has 0 heterocycles. The molecular formula is C24H21BrClN3O2S. The molecule has 32 heavy (non-hydrogen) atoms. The molecule has 164 valence electrons. The van der Waals surface area contributed by atoms with E-state index in [2.05, 4.69) is 31.8 Å². The van der Waals surface area contributed by atoms with Crippen LogP contribution >= 0.6 is 39.3 Å². The molecule has 0 saturated carbocycles. The minimum atomic E-state index is -0.255. The second kappa shape index (κ2) is 11.9. The van der Waals surface area contributed by atoms with Crippen molar-refractivity contribution in [2.75, 3.05) is 11.1 Å². The highest BCUT2D eigenvalue weighted by atomic mass is 79.9. The number of halogens is 2. The maximum absolute atomic E-state index is 12.4. The first-order valence-corrected chi connectivity index (χ1v) is 12.1. The third kappa shape index (κ3) is 7.51. The van der Waals surface area contributed by atoms with Crippen LogP contribution in [0.4, 0.5) is 5.69 Å². The van der Waals surface area contributed by atoms with Gasteiger partial charge in [0.2, 0.25) is 5.91 Å². The van der Waals surface area contributed by atoms with E-state index in [1.54, 1.807) is 43.3 Å². The van der Waals surface area contributed by atoms with Crippen molar-refractivity contribution in [2.24, 2.45) is 5.10 Å². The Balaban J connectivity index is 1.53. The number of hydrogen-bond acceptors (Lipinski definition) is 4. The molecule has 0 atom stereocenters. The maximum Gasteiger partial charge on any atom is 0.255 e. The molecule has 2 N–H and O–H groups in total. The van der Waals surface area contributed by atoms with E-state index in [-0.39, 0.29) is 11.8 Å². The fraction of sp³-hybridized carbons (Fsp3) is 0.125. The molecule has 0 bridgehead atoms. The Morgan fingerprint density at radius 2 is 1.75 bits per heavy atom. The number of nitrogens with one attached hydrogen (secondary N) is 2. The molecule has 0 aromatic heterocycles. The predicted molar refractivity (Wildman–Crippen MR) is 137 cm³/mol. The summed E-state index contributed by atoms with van der Waals surface area (Å²) in [5.74, 6) is 0.618. The molecule has 0 radical (unpaired) electrons. The zero-order valence-corrected chi connectivity index (χ0v) is 20.4. The van der Waals surface area contributed by atoms with Crippen LogP contribution in [0.5, 0.6) is 0 Å². The van der Waals surface area contributed by atoms with E-state index in [0.29, 0.717) is 27.7 Å². The van der Waals surface area contributed by atoms with E-state index in [9.17, 15) is 9.59 Å². The summed E-state index contributed by atoms with van der Waals surface area (Å²) >= 11 is 10.9. The van der Waals surface area contributed by atoms with E-state index in [0.717, 1.165) is 21.4 Å². The van der Waals surface area contributed by atoms with Crippen LogP contribution < -0.4 is 10.7 Å². The molecule has 0 unspecified atom stereocenters. The molecule has 8 heteroatoms. The van der Waals surface area contributed by atoms with Gasteiger partial charge in [0.05, 0.1) is 11.5 Å². The number of thioether (sulfide) groups is 1. The Morgan fingerprint density at radius 1 is 1.00 bits per heavy atom. The summed E-state index contributed by atoms with van der Waals surface area (Å²) in [5, 5.41) is 7.54. The highest BCUT2D eigenvalue weighted by Crippen LogP contribution is 2.17. The topological polar surface area (TPSA) is 70.6 Å². The second-order valence-electron chi connectivity index (χ2n) is 6.90. The van der Waals surface area contributed by atoms with E-state index in [1.807, 2.05) is 36.4 Å². The highest BCUT2D eigenvalue weighted by molar-refractivity contribution is 9.10. The lowest BCUT2D eigenvalue weighted by atomic mass is 10.1. The van der Waals surface area contributed by atoms with Gasteiger partial charge in [-0.25, -0.2) is 5.43 Å². The smallest absolute Gasteiger partial charge is 0.255 e. The first-order valence-electron chi connectivity index (χ1n) is 9.73. The van der Waals surface area contributed by atoms with Crippen molar-refractivity contribution in [3.63, 3.8) is 0 Å². The molecule has 3 aromatic rings. The van der Waals surface area contributed by atoms with Gasteiger partial charge < -0.3 is 5.32 Å². The predicted octanol–water partition coefficient (Wildman–Crippen LogP) is 6.13.